The molecule has 0 spiro atoms. The highest BCUT2D eigenvalue weighted by molar-refractivity contribution is 5.76. The second-order valence-corrected chi connectivity index (χ2v) is 3.75. The van der Waals surface area contributed by atoms with Gasteiger partial charge < -0.3 is 0 Å². The lowest BCUT2D eigenvalue weighted by Gasteiger charge is -2.09. The molecule has 1 aromatic carbocycles. The molecule has 1 aromatic rings. The summed E-state index contributed by atoms with van der Waals surface area (Å²) < 4.78 is 0. The largest absolute Gasteiger partial charge is 0.0813 e. The van der Waals surface area contributed by atoms with E-state index in [-0.39, 0.29) is 0 Å². The molecular formula is C15H16. The van der Waals surface area contributed by atoms with Crippen molar-refractivity contribution in [2.24, 2.45) is 0 Å². The van der Waals surface area contributed by atoms with Crippen LogP contribution in [-0.4, -0.2) is 0 Å². The minimum atomic E-state index is 1.06. The first-order valence-electron chi connectivity index (χ1n) is 5.53. The second kappa shape index (κ2) is 4.79. The summed E-state index contributed by atoms with van der Waals surface area (Å²) in [5, 5.41) is 0. The summed E-state index contributed by atoms with van der Waals surface area (Å²) in [5.74, 6) is 0. The quantitative estimate of drug-likeness (QED) is 0.659. The lowest BCUT2D eigenvalue weighted by Crippen LogP contribution is -1.88. The van der Waals surface area contributed by atoms with E-state index in [4.69, 9.17) is 0 Å². The van der Waals surface area contributed by atoms with Gasteiger partial charge in [0.15, 0.2) is 0 Å². The van der Waals surface area contributed by atoms with Crippen LogP contribution in [-0.2, 0) is 0 Å². The Bertz CT molecular complexity index is 405. The monoisotopic (exact) mass is 196 g/mol. The number of rotatable bonds is 2. The fourth-order valence-electron chi connectivity index (χ4n) is 1.82. The van der Waals surface area contributed by atoms with Crippen molar-refractivity contribution < 1.29 is 0 Å². The molecule has 15 heavy (non-hydrogen) atoms. The van der Waals surface area contributed by atoms with E-state index in [0.717, 1.165) is 12.8 Å². The van der Waals surface area contributed by atoms with Crippen molar-refractivity contribution in [3.63, 3.8) is 0 Å². The fraction of sp³-hybridized carbons (Fsp3) is 0.200. The average Bonchev–Trinajstić information content (AvgIpc) is 2.32. The van der Waals surface area contributed by atoms with Gasteiger partial charge in [-0.1, -0.05) is 61.6 Å². The summed E-state index contributed by atoms with van der Waals surface area (Å²) in [6.07, 6.45) is 11.2. The van der Waals surface area contributed by atoms with Crippen LogP contribution in [0.5, 0.6) is 0 Å². The molecule has 0 heteroatoms. The van der Waals surface area contributed by atoms with Crippen LogP contribution in [0.25, 0.3) is 5.57 Å². The SMILES string of the molecule is CCC=C1C=CC(c2ccccc2)=CC1. The highest BCUT2D eigenvalue weighted by atomic mass is 14.1. The van der Waals surface area contributed by atoms with E-state index in [1.807, 2.05) is 0 Å². The molecule has 0 aromatic heterocycles. The number of benzene rings is 1. The Kier molecular flexibility index (Phi) is 3.18. The molecule has 0 saturated carbocycles. The van der Waals surface area contributed by atoms with Crippen LogP contribution >= 0.6 is 0 Å². The van der Waals surface area contributed by atoms with Gasteiger partial charge in [-0.25, -0.2) is 0 Å². The molecule has 0 heterocycles. The van der Waals surface area contributed by atoms with E-state index >= 15 is 0 Å². The number of allylic oxidation sites excluding steroid dienone is 6. The molecule has 0 nitrogen and oxygen atoms in total. The Hall–Kier alpha value is -1.56. The number of hydrogen-bond acceptors (Lipinski definition) is 0. The Morgan fingerprint density at radius 2 is 1.93 bits per heavy atom. The van der Waals surface area contributed by atoms with Gasteiger partial charge in [0, 0.05) is 0 Å². The van der Waals surface area contributed by atoms with E-state index in [9.17, 15) is 0 Å². The third kappa shape index (κ3) is 2.47. The first-order valence-corrected chi connectivity index (χ1v) is 5.53. The van der Waals surface area contributed by atoms with Gasteiger partial charge in [0.05, 0.1) is 0 Å². The average molecular weight is 196 g/mol. The maximum absolute atomic E-state index is 2.30. The van der Waals surface area contributed by atoms with E-state index in [2.05, 4.69) is 61.6 Å². The molecule has 1 aliphatic carbocycles. The summed E-state index contributed by atoms with van der Waals surface area (Å²) in [7, 11) is 0. The molecule has 0 aliphatic heterocycles. The third-order valence-electron chi connectivity index (χ3n) is 2.61. The molecule has 76 valence electrons. The Balaban J connectivity index is 2.17. The van der Waals surface area contributed by atoms with Crippen LogP contribution in [0.4, 0.5) is 0 Å². The smallest absolute Gasteiger partial charge is 0.00914 e. The van der Waals surface area contributed by atoms with Crippen molar-refractivity contribution >= 4 is 5.57 Å². The summed E-state index contributed by atoms with van der Waals surface area (Å²) in [6, 6.07) is 10.5. The topological polar surface area (TPSA) is 0 Å². The van der Waals surface area contributed by atoms with Crippen LogP contribution in [0, 0.1) is 0 Å². The predicted molar refractivity (Wildman–Crippen MR) is 66.6 cm³/mol. The molecule has 0 amide bonds. The van der Waals surface area contributed by atoms with Crippen LogP contribution in [0.1, 0.15) is 25.3 Å². The van der Waals surface area contributed by atoms with Crippen LogP contribution < -0.4 is 0 Å². The van der Waals surface area contributed by atoms with Crippen molar-refractivity contribution in [1.82, 2.24) is 0 Å². The first kappa shape index (κ1) is 9.97. The van der Waals surface area contributed by atoms with Crippen molar-refractivity contribution in [2.75, 3.05) is 0 Å². The van der Waals surface area contributed by atoms with Gasteiger partial charge >= 0.3 is 0 Å². The zero-order valence-corrected chi connectivity index (χ0v) is 9.11. The molecule has 0 bridgehead atoms. The highest BCUT2D eigenvalue weighted by Crippen LogP contribution is 2.23. The number of hydrogen-bond donors (Lipinski definition) is 0. The van der Waals surface area contributed by atoms with E-state index in [1.165, 1.54) is 16.7 Å². The third-order valence-corrected chi connectivity index (χ3v) is 2.61. The molecule has 0 saturated heterocycles. The zero-order chi connectivity index (χ0) is 10.5. The van der Waals surface area contributed by atoms with Crippen LogP contribution in [0.15, 0.2) is 60.2 Å². The van der Waals surface area contributed by atoms with Crippen molar-refractivity contribution in [3.05, 3.63) is 65.8 Å². The van der Waals surface area contributed by atoms with E-state index in [1.54, 1.807) is 0 Å². The maximum Gasteiger partial charge on any atom is -0.00914 e. The van der Waals surface area contributed by atoms with Gasteiger partial charge in [0.25, 0.3) is 0 Å². The van der Waals surface area contributed by atoms with Crippen molar-refractivity contribution in [1.29, 1.82) is 0 Å². The standard InChI is InChI=1S/C15H16/c1-2-6-13-9-11-15(12-10-13)14-7-4-3-5-8-14/h3-9,11-12H,2,10H2,1H3. The fourth-order valence-corrected chi connectivity index (χ4v) is 1.82. The van der Waals surface area contributed by atoms with Gasteiger partial charge in [-0.3, -0.25) is 0 Å². The Morgan fingerprint density at radius 1 is 1.13 bits per heavy atom. The lowest BCUT2D eigenvalue weighted by molar-refractivity contribution is 1.15. The van der Waals surface area contributed by atoms with E-state index < -0.39 is 0 Å². The van der Waals surface area contributed by atoms with Crippen LogP contribution in [0.3, 0.4) is 0 Å². The van der Waals surface area contributed by atoms with Crippen molar-refractivity contribution in [3.8, 4) is 0 Å². The van der Waals surface area contributed by atoms with Gasteiger partial charge in [-0.15, -0.1) is 0 Å². The van der Waals surface area contributed by atoms with Gasteiger partial charge in [-0.2, -0.15) is 0 Å². The molecule has 1 aliphatic rings. The molecule has 2 rings (SSSR count). The minimum absolute atomic E-state index is 1.06. The Labute approximate surface area is 91.6 Å². The lowest BCUT2D eigenvalue weighted by atomic mass is 9.96. The molecule has 0 unspecified atom stereocenters. The van der Waals surface area contributed by atoms with E-state index in [0.29, 0.717) is 0 Å². The minimum Gasteiger partial charge on any atom is -0.0813 e. The van der Waals surface area contributed by atoms with Crippen LogP contribution in [0.2, 0.25) is 0 Å². The second-order valence-electron chi connectivity index (χ2n) is 3.75. The molecular weight excluding hydrogens is 180 g/mol. The summed E-state index contributed by atoms with van der Waals surface area (Å²) in [5.41, 5.74) is 4.07. The molecule has 0 fully saturated rings. The molecule has 0 radical (unpaired) electrons. The Morgan fingerprint density at radius 3 is 2.53 bits per heavy atom. The maximum atomic E-state index is 2.30. The summed E-state index contributed by atoms with van der Waals surface area (Å²) in [6.45, 7) is 2.18. The normalized spacial score (nSPS) is 17.9. The summed E-state index contributed by atoms with van der Waals surface area (Å²) in [4.78, 5) is 0. The van der Waals surface area contributed by atoms with Crippen molar-refractivity contribution in [2.45, 2.75) is 19.8 Å². The van der Waals surface area contributed by atoms with Gasteiger partial charge in [0.2, 0.25) is 0 Å². The predicted octanol–water partition coefficient (Wildman–Crippen LogP) is 4.37. The highest BCUT2D eigenvalue weighted by Gasteiger charge is 2.02. The van der Waals surface area contributed by atoms with Gasteiger partial charge in [0.1, 0.15) is 0 Å². The van der Waals surface area contributed by atoms with Gasteiger partial charge in [-0.05, 0) is 29.6 Å². The first-order chi connectivity index (χ1) is 7.40. The summed E-state index contributed by atoms with van der Waals surface area (Å²) >= 11 is 0. The molecule has 0 N–H and O–H groups in total. The molecule has 0 atom stereocenters. The zero-order valence-electron chi connectivity index (χ0n) is 9.11.